The monoisotopic (exact) mass is 335 g/mol. The van der Waals surface area contributed by atoms with Gasteiger partial charge in [0.2, 0.25) is 11.9 Å². The van der Waals surface area contributed by atoms with Gasteiger partial charge in [0.1, 0.15) is 0 Å². The van der Waals surface area contributed by atoms with Crippen LogP contribution in [0.2, 0.25) is 0 Å². The van der Waals surface area contributed by atoms with Crippen molar-refractivity contribution in [2.45, 2.75) is 19.0 Å². The van der Waals surface area contributed by atoms with E-state index in [4.69, 9.17) is 0 Å². The van der Waals surface area contributed by atoms with Crippen molar-refractivity contribution >= 4 is 22.6 Å². The minimum atomic E-state index is -4.41. The molecule has 0 spiro atoms. The SMILES string of the molecule is O=C(Nc1cnn(-c2nc3ccc(C(F)(F)F)cc3[nH]2)c1)C1CC1. The van der Waals surface area contributed by atoms with Crippen LogP contribution in [0, 0.1) is 5.92 Å². The zero-order chi connectivity index (χ0) is 16.9. The van der Waals surface area contributed by atoms with Gasteiger partial charge in [0.25, 0.3) is 0 Å². The van der Waals surface area contributed by atoms with Crippen molar-refractivity contribution in [3.05, 3.63) is 36.2 Å². The number of nitrogens with zero attached hydrogens (tertiary/aromatic N) is 3. The van der Waals surface area contributed by atoms with Gasteiger partial charge >= 0.3 is 6.18 Å². The highest BCUT2D eigenvalue weighted by Gasteiger charge is 2.31. The Labute approximate surface area is 133 Å². The van der Waals surface area contributed by atoms with Gasteiger partial charge in [-0.15, -0.1) is 0 Å². The van der Waals surface area contributed by atoms with Gasteiger partial charge in [0.15, 0.2) is 0 Å². The maximum Gasteiger partial charge on any atom is 0.416 e. The lowest BCUT2D eigenvalue weighted by atomic mass is 10.2. The van der Waals surface area contributed by atoms with Crippen LogP contribution in [0.5, 0.6) is 0 Å². The third kappa shape index (κ3) is 2.72. The van der Waals surface area contributed by atoms with Gasteiger partial charge < -0.3 is 10.3 Å². The number of nitrogens with one attached hydrogen (secondary N) is 2. The number of alkyl halides is 3. The predicted octanol–water partition coefficient (Wildman–Crippen LogP) is 3.12. The van der Waals surface area contributed by atoms with Crippen molar-refractivity contribution in [2.75, 3.05) is 5.32 Å². The Bertz CT molecular complexity index is 923. The van der Waals surface area contributed by atoms with Crippen LogP contribution in [0.4, 0.5) is 18.9 Å². The van der Waals surface area contributed by atoms with Crippen LogP contribution in [0.15, 0.2) is 30.6 Å². The summed E-state index contributed by atoms with van der Waals surface area (Å²) in [6.07, 6.45) is 0.402. The van der Waals surface area contributed by atoms with E-state index < -0.39 is 11.7 Å². The molecule has 0 saturated heterocycles. The standard InChI is InChI=1S/C15H12F3N5O/c16-15(17,18)9-3-4-11-12(5-9)22-14(21-11)23-7-10(6-19-23)20-13(24)8-1-2-8/h3-8H,1-2H2,(H,20,24)(H,21,22). The number of fused-ring (bicyclic) bond motifs is 1. The van der Waals surface area contributed by atoms with Gasteiger partial charge in [-0.05, 0) is 31.0 Å². The fourth-order valence-corrected chi connectivity index (χ4v) is 2.37. The fourth-order valence-electron chi connectivity index (χ4n) is 2.37. The Morgan fingerprint density at radius 2 is 2.12 bits per heavy atom. The lowest BCUT2D eigenvalue weighted by Crippen LogP contribution is -2.12. The summed E-state index contributed by atoms with van der Waals surface area (Å²) in [4.78, 5) is 18.7. The van der Waals surface area contributed by atoms with Crippen molar-refractivity contribution in [2.24, 2.45) is 5.92 Å². The summed E-state index contributed by atoms with van der Waals surface area (Å²) in [5.74, 6) is 0.297. The number of H-pyrrole nitrogens is 1. The molecule has 4 rings (SSSR count). The Morgan fingerprint density at radius 1 is 1.33 bits per heavy atom. The predicted molar refractivity (Wildman–Crippen MR) is 79.6 cm³/mol. The van der Waals surface area contributed by atoms with Crippen LogP contribution >= 0.6 is 0 Å². The van der Waals surface area contributed by atoms with Crippen LogP contribution < -0.4 is 5.32 Å². The van der Waals surface area contributed by atoms with Crippen molar-refractivity contribution in [3.63, 3.8) is 0 Å². The summed E-state index contributed by atoms with van der Waals surface area (Å²) in [7, 11) is 0. The lowest BCUT2D eigenvalue weighted by molar-refractivity contribution is -0.137. The maximum atomic E-state index is 12.7. The molecule has 2 heterocycles. The fraction of sp³-hybridized carbons (Fsp3) is 0.267. The van der Waals surface area contributed by atoms with Crippen LogP contribution in [0.1, 0.15) is 18.4 Å². The number of aromatic nitrogens is 4. The highest BCUT2D eigenvalue weighted by molar-refractivity contribution is 5.93. The molecule has 0 aliphatic heterocycles. The van der Waals surface area contributed by atoms with Gasteiger partial charge in [-0.3, -0.25) is 4.79 Å². The largest absolute Gasteiger partial charge is 0.416 e. The molecule has 0 unspecified atom stereocenters. The van der Waals surface area contributed by atoms with E-state index in [1.165, 1.54) is 16.9 Å². The van der Waals surface area contributed by atoms with Crippen molar-refractivity contribution < 1.29 is 18.0 Å². The van der Waals surface area contributed by atoms with Gasteiger partial charge in [0.05, 0.1) is 34.7 Å². The minimum Gasteiger partial charge on any atom is -0.323 e. The van der Waals surface area contributed by atoms with E-state index in [-0.39, 0.29) is 23.3 Å². The second-order valence-corrected chi connectivity index (χ2v) is 5.73. The highest BCUT2D eigenvalue weighted by Crippen LogP contribution is 2.31. The Kier molecular flexibility index (Phi) is 3.12. The number of halogens is 3. The Balaban J connectivity index is 1.61. The Morgan fingerprint density at radius 3 is 2.83 bits per heavy atom. The quantitative estimate of drug-likeness (QED) is 0.772. The number of anilines is 1. The number of aromatic amines is 1. The van der Waals surface area contributed by atoms with E-state index in [1.54, 1.807) is 6.20 Å². The maximum absolute atomic E-state index is 12.7. The molecule has 1 aliphatic carbocycles. The van der Waals surface area contributed by atoms with Crippen molar-refractivity contribution in [1.29, 1.82) is 0 Å². The molecule has 3 aromatic rings. The molecule has 1 aromatic carbocycles. The van der Waals surface area contributed by atoms with E-state index in [2.05, 4.69) is 20.4 Å². The van der Waals surface area contributed by atoms with E-state index in [1.807, 2.05) is 0 Å². The molecule has 2 N–H and O–H groups in total. The average molecular weight is 335 g/mol. The van der Waals surface area contributed by atoms with Crippen molar-refractivity contribution in [3.8, 4) is 5.95 Å². The number of hydrogen-bond donors (Lipinski definition) is 2. The number of hydrogen-bond acceptors (Lipinski definition) is 3. The molecule has 0 radical (unpaired) electrons. The first-order chi connectivity index (χ1) is 11.4. The third-order valence-electron chi connectivity index (χ3n) is 3.81. The molecule has 124 valence electrons. The summed E-state index contributed by atoms with van der Waals surface area (Å²) < 4.78 is 39.6. The molecule has 6 nitrogen and oxygen atoms in total. The molecule has 1 aliphatic rings. The molecular formula is C15H12F3N5O. The summed E-state index contributed by atoms with van der Waals surface area (Å²) in [5.41, 5.74) is 0.433. The number of imidazole rings is 1. The van der Waals surface area contributed by atoms with E-state index in [9.17, 15) is 18.0 Å². The topological polar surface area (TPSA) is 75.6 Å². The number of amides is 1. The molecule has 24 heavy (non-hydrogen) atoms. The molecule has 1 fully saturated rings. The first-order valence-corrected chi connectivity index (χ1v) is 7.33. The zero-order valence-corrected chi connectivity index (χ0v) is 12.3. The van der Waals surface area contributed by atoms with Gasteiger partial charge in [0, 0.05) is 5.92 Å². The number of benzene rings is 1. The summed E-state index contributed by atoms with van der Waals surface area (Å²) in [5, 5.41) is 6.82. The molecule has 2 aromatic heterocycles. The summed E-state index contributed by atoms with van der Waals surface area (Å²) in [6, 6.07) is 3.29. The van der Waals surface area contributed by atoms with Gasteiger partial charge in [-0.1, -0.05) is 0 Å². The first kappa shape index (κ1) is 14.7. The minimum absolute atomic E-state index is 0.0472. The lowest BCUT2D eigenvalue weighted by Gasteiger charge is -2.04. The molecule has 1 amide bonds. The van der Waals surface area contributed by atoms with Crippen LogP contribution in [-0.4, -0.2) is 25.7 Å². The van der Waals surface area contributed by atoms with Crippen LogP contribution in [0.3, 0.4) is 0 Å². The van der Waals surface area contributed by atoms with Crippen molar-refractivity contribution in [1.82, 2.24) is 19.7 Å². The third-order valence-corrected chi connectivity index (χ3v) is 3.81. The number of carbonyl (C=O) groups is 1. The number of rotatable bonds is 3. The van der Waals surface area contributed by atoms with Crippen LogP contribution in [0.25, 0.3) is 17.0 Å². The zero-order valence-electron chi connectivity index (χ0n) is 12.3. The molecule has 0 bridgehead atoms. The molecule has 1 saturated carbocycles. The van der Waals surface area contributed by atoms with Crippen LogP contribution in [-0.2, 0) is 11.0 Å². The van der Waals surface area contributed by atoms with E-state index in [0.717, 1.165) is 25.0 Å². The Hall–Kier alpha value is -2.84. The smallest absolute Gasteiger partial charge is 0.323 e. The first-order valence-electron chi connectivity index (χ1n) is 7.33. The normalized spacial score (nSPS) is 15.0. The van der Waals surface area contributed by atoms with Gasteiger partial charge in [-0.2, -0.15) is 18.3 Å². The second kappa shape index (κ2) is 5.08. The molecular weight excluding hydrogens is 323 g/mol. The molecule has 0 atom stereocenters. The summed E-state index contributed by atoms with van der Waals surface area (Å²) in [6.45, 7) is 0. The molecule has 9 heteroatoms. The number of carbonyl (C=O) groups excluding carboxylic acids is 1. The average Bonchev–Trinajstić information content (AvgIpc) is 3.13. The van der Waals surface area contributed by atoms with Gasteiger partial charge in [-0.25, -0.2) is 9.67 Å². The second-order valence-electron chi connectivity index (χ2n) is 5.73. The highest BCUT2D eigenvalue weighted by atomic mass is 19.4. The van der Waals surface area contributed by atoms with E-state index in [0.29, 0.717) is 11.2 Å². The van der Waals surface area contributed by atoms with E-state index >= 15 is 0 Å². The summed E-state index contributed by atoms with van der Waals surface area (Å²) >= 11 is 0.